The molecule has 4 aromatic carbocycles. The predicted molar refractivity (Wildman–Crippen MR) is 167 cm³/mol. The van der Waals surface area contributed by atoms with E-state index < -0.39 is 0 Å². The largest absolute Gasteiger partial charge is 0.494 e. The highest BCUT2D eigenvalue weighted by Gasteiger charge is 2.14. The average Bonchev–Trinajstić information content (AvgIpc) is 3.02. The number of aromatic nitrogens is 1. The number of anilines is 1. The summed E-state index contributed by atoms with van der Waals surface area (Å²) in [6.07, 6.45) is 1.80. The van der Waals surface area contributed by atoms with E-state index in [0.29, 0.717) is 39.7 Å². The van der Waals surface area contributed by atoms with Crippen LogP contribution in [0.15, 0.2) is 89.7 Å². The van der Waals surface area contributed by atoms with Gasteiger partial charge in [-0.05, 0) is 86.1 Å². The molecule has 2 N–H and O–H groups in total. The zero-order valence-corrected chi connectivity index (χ0v) is 24.1. The molecule has 8 nitrogen and oxygen atoms in total. The molecule has 0 unspecified atom stereocenters. The van der Waals surface area contributed by atoms with E-state index in [1.54, 1.807) is 38.5 Å². The molecule has 5 rings (SSSR count). The number of nitrogens with zero attached hydrogens (tertiary/aromatic N) is 1. The van der Waals surface area contributed by atoms with Crippen molar-refractivity contribution in [3.63, 3.8) is 0 Å². The fourth-order valence-electron chi connectivity index (χ4n) is 4.96. The molecular weight excluding hydrogens is 530 g/mol. The number of carbonyl (C=O) groups excluding carboxylic acids is 1. The number of hydrogen-bond acceptors (Lipinski definition) is 6. The fraction of sp³-hybridized carbons (Fsp3) is 0.235. The van der Waals surface area contributed by atoms with Crippen LogP contribution < -0.4 is 25.0 Å². The van der Waals surface area contributed by atoms with Gasteiger partial charge in [-0.1, -0.05) is 24.3 Å². The lowest BCUT2D eigenvalue weighted by Crippen LogP contribution is -2.23. The molecule has 0 fully saturated rings. The molecule has 8 heteroatoms. The molecule has 42 heavy (non-hydrogen) atoms. The number of H-pyrrole nitrogens is 1. The lowest BCUT2D eigenvalue weighted by Gasteiger charge is -2.17. The average molecular weight is 566 g/mol. The molecule has 0 saturated heterocycles. The van der Waals surface area contributed by atoms with E-state index in [1.165, 1.54) is 5.56 Å². The van der Waals surface area contributed by atoms with Crippen molar-refractivity contribution in [2.24, 2.45) is 0 Å². The highest BCUT2D eigenvalue weighted by atomic mass is 16.5. The van der Waals surface area contributed by atoms with Crippen LogP contribution >= 0.6 is 0 Å². The van der Waals surface area contributed by atoms with Crippen molar-refractivity contribution in [3.05, 3.63) is 106 Å². The summed E-state index contributed by atoms with van der Waals surface area (Å²) in [5.41, 5.74) is 3.37. The van der Waals surface area contributed by atoms with Crippen LogP contribution in [0.1, 0.15) is 22.3 Å². The van der Waals surface area contributed by atoms with Crippen molar-refractivity contribution in [2.45, 2.75) is 12.8 Å². The number of methoxy groups -OCH3 is 2. The van der Waals surface area contributed by atoms with E-state index in [9.17, 15) is 9.59 Å². The number of nitrogens with one attached hydrogen (secondary N) is 2. The number of para-hydroxylation sites is 2. The van der Waals surface area contributed by atoms with Crippen molar-refractivity contribution >= 4 is 33.4 Å². The van der Waals surface area contributed by atoms with Crippen LogP contribution in [0.25, 0.3) is 21.8 Å². The Labute approximate surface area is 244 Å². The highest BCUT2D eigenvalue weighted by Crippen LogP contribution is 2.28. The third kappa shape index (κ3) is 6.56. The van der Waals surface area contributed by atoms with Gasteiger partial charge in [-0.3, -0.25) is 9.59 Å². The minimum absolute atomic E-state index is 0.0976. The third-order valence-electron chi connectivity index (χ3n) is 7.28. The SMILES string of the molecule is COc1ccc(CCN(C)CCCOc2ccc(NC(=O)c3cccc4c(=O)c5ccccc5[nH]c34)cc2)cc1OC. The zero-order valence-electron chi connectivity index (χ0n) is 24.1. The summed E-state index contributed by atoms with van der Waals surface area (Å²) in [5.74, 6) is 1.92. The van der Waals surface area contributed by atoms with Crippen LogP contribution in [0.2, 0.25) is 0 Å². The number of likely N-dealkylation sites (N-methyl/N-ethyl adjacent to an activating group) is 1. The van der Waals surface area contributed by atoms with Crippen molar-refractivity contribution < 1.29 is 19.0 Å². The number of fused-ring (bicyclic) bond motifs is 2. The van der Waals surface area contributed by atoms with Crippen molar-refractivity contribution in [1.82, 2.24) is 9.88 Å². The topological polar surface area (TPSA) is 92.9 Å². The van der Waals surface area contributed by atoms with E-state index in [1.807, 2.05) is 54.6 Å². The van der Waals surface area contributed by atoms with Gasteiger partial charge in [0.25, 0.3) is 5.91 Å². The molecule has 216 valence electrons. The molecule has 0 saturated carbocycles. The molecule has 0 atom stereocenters. The summed E-state index contributed by atoms with van der Waals surface area (Å²) in [6, 6.07) is 25.8. The molecule has 1 aromatic heterocycles. The minimum atomic E-state index is -0.295. The van der Waals surface area contributed by atoms with E-state index in [-0.39, 0.29) is 11.3 Å². The minimum Gasteiger partial charge on any atom is -0.494 e. The molecule has 0 aliphatic carbocycles. The highest BCUT2D eigenvalue weighted by molar-refractivity contribution is 6.13. The van der Waals surface area contributed by atoms with Gasteiger partial charge in [-0.2, -0.15) is 0 Å². The molecule has 0 bridgehead atoms. The number of benzene rings is 4. The molecule has 5 aromatic rings. The molecular formula is C34H35N3O5. The van der Waals surface area contributed by atoms with Gasteiger partial charge in [0.05, 0.1) is 31.9 Å². The standard InChI is InChI=1S/C34H35N3O5/c1-37(20-18-23-12-17-30(40-2)31(22-23)41-3)19-7-21-42-25-15-13-24(14-16-25)35-34(39)28-10-6-9-27-32(28)36-29-11-5-4-8-26(29)33(27)38/h4-6,8-17,22H,7,18-21H2,1-3H3,(H,35,39)(H,36,38). The predicted octanol–water partition coefficient (Wildman–Crippen LogP) is 5.89. The first kappa shape index (κ1) is 28.7. The Balaban J connectivity index is 1.11. The summed E-state index contributed by atoms with van der Waals surface area (Å²) >= 11 is 0. The molecule has 0 spiro atoms. The van der Waals surface area contributed by atoms with Crippen LogP contribution in [0.4, 0.5) is 5.69 Å². The number of amides is 1. The number of hydrogen-bond donors (Lipinski definition) is 2. The number of pyridine rings is 1. The second-order valence-corrected chi connectivity index (χ2v) is 10.2. The van der Waals surface area contributed by atoms with E-state index in [0.717, 1.165) is 43.2 Å². The second-order valence-electron chi connectivity index (χ2n) is 10.2. The monoisotopic (exact) mass is 565 g/mol. The summed E-state index contributed by atoms with van der Waals surface area (Å²) in [7, 11) is 5.39. The summed E-state index contributed by atoms with van der Waals surface area (Å²) < 4.78 is 16.6. The molecule has 0 aliphatic rings. The Morgan fingerprint density at radius 3 is 2.40 bits per heavy atom. The van der Waals surface area contributed by atoms with Gasteiger partial charge < -0.3 is 29.4 Å². The van der Waals surface area contributed by atoms with Crippen molar-refractivity contribution in [1.29, 1.82) is 0 Å². The van der Waals surface area contributed by atoms with Gasteiger partial charge >= 0.3 is 0 Å². The van der Waals surface area contributed by atoms with Crippen molar-refractivity contribution in [2.75, 3.05) is 46.3 Å². The molecule has 1 amide bonds. The van der Waals surface area contributed by atoms with Gasteiger partial charge in [0.1, 0.15) is 5.75 Å². The number of rotatable bonds is 12. The number of ether oxygens (including phenoxy) is 3. The summed E-state index contributed by atoms with van der Waals surface area (Å²) in [5, 5.41) is 4.01. The van der Waals surface area contributed by atoms with Crippen LogP contribution in [-0.2, 0) is 6.42 Å². The lowest BCUT2D eigenvalue weighted by molar-refractivity contribution is 0.102. The maximum atomic E-state index is 13.2. The number of carbonyl (C=O) groups is 1. The van der Waals surface area contributed by atoms with Crippen LogP contribution in [0.5, 0.6) is 17.2 Å². The molecule has 0 aliphatic heterocycles. The first-order valence-electron chi connectivity index (χ1n) is 13.9. The van der Waals surface area contributed by atoms with E-state index in [2.05, 4.69) is 28.3 Å². The lowest BCUT2D eigenvalue weighted by atomic mass is 10.1. The first-order chi connectivity index (χ1) is 20.5. The van der Waals surface area contributed by atoms with Crippen LogP contribution in [0, 0.1) is 0 Å². The maximum absolute atomic E-state index is 13.2. The van der Waals surface area contributed by atoms with E-state index in [4.69, 9.17) is 14.2 Å². The van der Waals surface area contributed by atoms with Gasteiger partial charge in [0.15, 0.2) is 16.9 Å². The van der Waals surface area contributed by atoms with Crippen molar-refractivity contribution in [3.8, 4) is 17.2 Å². The van der Waals surface area contributed by atoms with Crippen LogP contribution in [0.3, 0.4) is 0 Å². The fourth-order valence-corrected chi connectivity index (χ4v) is 4.96. The smallest absolute Gasteiger partial charge is 0.257 e. The van der Waals surface area contributed by atoms with Gasteiger partial charge in [-0.25, -0.2) is 0 Å². The normalized spacial score (nSPS) is 11.1. The third-order valence-corrected chi connectivity index (χ3v) is 7.28. The van der Waals surface area contributed by atoms with Gasteiger partial charge in [-0.15, -0.1) is 0 Å². The Kier molecular flexibility index (Phi) is 9.04. The summed E-state index contributed by atoms with van der Waals surface area (Å²) in [4.78, 5) is 31.7. The second kappa shape index (κ2) is 13.2. The molecule has 1 heterocycles. The van der Waals surface area contributed by atoms with Gasteiger partial charge in [0, 0.05) is 35.1 Å². The summed E-state index contributed by atoms with van der Waals surface area (Å²) in [6.45, 7) is 2.41. The number of aromatic amines is 1. The Hall–Kier alpha value is -4.82. The Morgan fingerprint density at radius 1 is 0.857 bits per heavy atom. The Bertz CT molecular complexity index is 1750. The molecule has 0 radical (unpaired) electrons. The Morgan fingerprint density at radius 2 is 1.62 bits per heavy atom. The zero-order chi connectivity index (χ0) is 29.5. The first-order valence-corrected chi connectivity index (χ1v) is 13.9. The maximum Gasteiger partial charge on any atom is 0.257 e. The van der Waals surface area contributed by atoms with Gasteiger partial charge in [0.2, 0.25) is 0 Å². The van der Waals surface area contributed by atoms with E-state index >= 15 is 0 Å². The quantitative estimate of drug-likeness (QED) is 0.145. The van der Waals surface area contributed by atoms with Crippen LogP contribution in [-0.4, -0.2) is 56.8 Å².